The van der Waals surface area contributed by atoms with Crippen molar-refractivity contribution in [3.05, 3.63) is 47.6 Å². The van der Waals surface area contributed by atoms with Crippen molar-refractivity contribution in [2.24, 2.45) is 0 Å². The SMILES string of the molecule is O=C(c1cc(C2CC2)on1)N1CCN(Cc2ccncc2)CC1. The van der Waals surface area contributed by atoms with E-state index in [1.54, 1.807) is 0 Å². The third-order valence-corrected chi connectivity index (χ3v) is 4.54. The van der Waals surface area contributed by atoms with Crippen molar-refractivity contribution in [3.8, 4) is 0 Å². The number of amides is 1. The molecule has 2 aromatic rings. The first-order valence-corrected chi connectivity index (χ1v) is 8.17. The Labute approximate surface area is 135 Å². The van der Waals surface area contributed by atoms with Crippen molar-refractivity contribution in [3.63, 3.8) is 0 Å². The van der Waals surface area contributed by atoms with Crippen LogP contribution in [0.25, 0.3) is 0 Å². The van der Waals surface area contributed by atoms with Gasteiger partial charge in [0.25, 0.3) is 5.91 Å². The average molecular weight is 312 g/mol. The first-order valence-electron chi connectivity index (χ1n) is 8.17. The minimum Gasteiger partial charge on any atom is -0.360 e. The van der Waals surface area contributed by atoms with E-state index in [9.17, 15) is 4.79 Å². The molecule has 0 atom stereocenters. The van der Waals surface area contributed by atoms with E-state index in [1.807, 2.05) is 35.5 Å². The summed E-state index contributed by atoms with van der Waals surface area (Å²) in [5, 5.41) is 3.95. The second kappa shape index (κ2) is 6.12. The number of rotatable bonds is 4. The van der Waals surface area contributed by atoms with Gasteiger partial charge in [0, 0.05) is 57.1 Å². The van der Waals surface area contributed by atoms with E-state index >= 15 is 0 Å². The molecule has 4 rings (SSSR count). The molecule has 0 radical (unpaired) electrons. The molecule has 0 bridgehead atoms. The monoisotopic (exact) mass is 312 g/mol. The number of carbonyl (C=O) groups is 1. The van der Waals surface area contributed by atoms with Gasteiger partial charge in [0.2, 0.25) is 0 Å². The van der Waals surface area contributed by atoms with Gasteiger partial charge in [-0.25, -0.2) is 0 Å². The van der Waals surface area contributed by atoms with E-state index in [0.29, 0.717) is 11.6 Å². The quantitative estimate of drug-likeness (QED) is 0.863. The average Bonchev–Trinajstić information content (AvgIpc) is 3.33. The zero-order valence-corrected chi connectivity index (χ0v) is 13.0. The van der Waals surface area contributed by atoms with Gasteiger partial charge in [-0.1, -0.05) is 5.16 Å². The molecule has 2 fully saturated rings. The summed E-state index contributed by atoms with van der Waals surface area (Å²) in [5.41, 5.74) is 1.71. The van der Waals surface area contributed by atoms with Gasteiger partial charge in [-0.05, 0) is 30.5 Å². The number of carbonyl (C=O) groups excluding carboxylic acids is 1. The second-order valence-corrected chi connectivity index (χ2v) is 6.31. The summed E-state index contributed by atoms with van der Waals surface area (Å²) in [6.45, 7) is 4.12. The molecular formula is C17H20N4O2. The predicted molar refractivity (Wildman–Crippen MR) is 83.9 cm³/mol. The predicted octanol–water partition coefficient (Wildman–Crippen LogP) is 1.91. The summed E-state index contributed by atoms with van der Waals surface area (Å²) < 4.78 is 5.29. The van der Waals surface area contributed by atoms with E-state index in [2.05, 4.69) is 15.0 Å². The molecule has 1 aliphatic carbocycles. The lowest BCUT2D eigenvalue weighted by atomic mass is 10.2. The fourth-order valence-electron chi connectivity index (χ4n) is 2.97. The smallest absolute Gasteiger partial charge is 0.276 e. The van der Waals surface area contributed by atoms with Gasteiger partial charge >= 0.3 is 0 Å². The Hall–Kier alpha value is -2.21. The lowest BCUT2D eigenvalue weighted by molar-refractivity contribution is 0.0618. The van der Waals surface area contributed by atoms with Crippen LogP contribution in [0.4, 0.5) is 0 Å². The van der Waals surface area contributed by atoms with E-state index in [-0.39, 0.29) is 5.91 Å². The summed E-state index contributed by atoms with van der Waals surface area (Å²) in [6, 6.07) is 5.89. The number of pyridine rings is 1. The maximum absolute atomic E-state index is 12.5. The summed E-state index contributed by atoms with van der Waals surface area (Å²) >= 11 is 0. The Balaban J connectivity index is 1.32. The van der Waals surface area contributed by atoms with Crippen molar-refractivity contribution in [1.29, 1.82) is 0 Å². The number of aromatic nitrogens is 2. The van der Waals surface area contributed by atoms with Gasteiger partial charge in [-0.15, -0.1) is 0 Å². The van der Waals surface area contributed by atoms with Crippen LogP contribution in [0.3, 0.4) is 0 Å². The van der Waals surface area contributed by atoms with Gasteiger partial charge in [-0.3, -0.25) is 14.7 Å². The van der Waals surface area contributed by atoms with Crippen LogP contribution in [-0.4, -0.2) is 52.0 Å². The molecular weight excluding hydrogens is 292 g/mol. The molecule has 23 heavy (non-hydrogen) atoms. The molecule has 6 heteroatoms. The van der Waals surface area contributed by atoms with E-state index in [4.69, 9.17) is 4.52 Å². The normalized spacial score (nSPS) is 19.0. The lowest BCUT2D eigenvalue weighted by Crippen LogP contribution is -2.48. The van der Waals surface area contributed by atoms with Gasteiger partial charge < -0.3 is 9.42 Å². The van der Waals surface area contributed by atoms with Crippen molar-refractivity contribution in [2.75, 3.05) is 26.2 Å². The molecule has 0 aromatic carbocycles. The molecule has 3 heterocycles. The first kappa shape index (κ1) is 14.4. The highest BCUT2D eigenvalue weighted by molar-refractivity contribution is 5.92. The maximum Gasteiger partial charge on any atom is 0.276 e. The zero-order valence-electron chi connectivity index (χ0n) is 13.0. The third kappa shape index (κ3) is 3.27. The van der Waals surface area contributed by atoms with Gasteiger partial charge in [0.1, 0.15) is 5.76 Å². The van der Waals surface area contributed by atoms with Crippen molar-refractivity contribution in [2.45, 2.75) is 25.3 Å². The molecule has 1 saturated heterocycles. The topological polar surface area (TPSA) is 62.5 Å². The fraction of sp³-hybridized carbons (Fsp3) is 0.471. The van der Waals surface area contributed by atoms with Crippen LogP contribution in [0, 0.1) is 0 Å². The number of hydrogen-bond acceptors (Lipinski definition) is 5. The van der Waals surface area contributed by atoms with E-state index in [1.165, 1.54) is 5.56 Å². The first-order chi connectivity index (χ1) is 11.3. The largest absolute Gasteiger partial charge is 0.360 e. The molecule has 2 aliphatic rings. The van der Waals surface area contributed by atoms with Crippen LogP contribution >= 0.6 is 0 Å². The van der Waals surface area contributed by atoms with Gasteiger partial charge in [0.15, 0.2) is 5.69 Å². The Morgan fingerprint density at radius 1 is 1.17 bits per heavy atom. The van der Waals surface area contributed by atoms with Crippen molar-refractivity contribution >= 4 is 5.91 Å². The number of piperazine rings is 1. The highest BCUT2D eigenvalue weighted by Crippen LogP contribution is 2.40. The van der Waals surface area contributed by atoms with Crippen molar-refractivity contribution in [1.82, 2.24) is 19.9 Å². The molecule has 1 saturated carbocycles. The molecule has 1 aliphatic heterocycles. The Morgan fingerprint density at radius 3 is 2.61 bits per heavy atom. The van der Waals surface area contributed by atoms with Crippen LogP contribution in [-0.2, 0) is 6.54 Å². The summed E-state index contributed by atoms with van der Waals surface area (Å²) in [4.78, 5) is 20.8. The fourth-order valence-corrected chi connectivity index (χ4v) is 2.97. The minimum absolute atomic E-state index is 0.00999. The summed E-state index contributed by atoms with van der Waals surface area (Å²) in [6.07, 6.45) is 5.93. The Morgan fingerprint density at radius 2 is 1.91 bits per heavy atom. The summed E-state index contributed by atoms with van der Waals surface area (Å²) in [5.74, 6) is 1.34. The minimum atomic E-state index is -0.00999. The van der Waals surface area contributed by atoms with Crippen LogP contribution in [0.1, 0.15) is 40.6 Å². The van der Waals surface area contributed by atoms with Crippen LogP contribution in [0.2, 0.25) is 0 Å². The highest BCUT2D eigenvalue weighted by Gasteiger charge is 2.30. The molecule has 1 amide bonds. The Bertz CT molecular complexity index is 673. The highest BCUT2D eigenvalue weighted by atomic mass is 16.5. The molecule has 0 unspecified atom stereocenters. The van der Waals surface area contributed by atoms with E-state index < -0.39 is 0 Å². The third-order valence-electron chi connectivity index (χ3n) is 4.54. The maximum atomic E-state index is 12.5. The second-order valence-electron chi connectivity index (χ2n) is 6.31. The van der Waals surface area contributed by atoms with E-state index in [0.717, 1.165) is 51.3 Å². The molecule has 2 aromatic heterocycles. The van der Waals surface area contributed by atoms with Crippen molar-refractivity contribution < 1.29 is 9.32 Å². The van der Waals surface area contributed by atoms with Crippen LogP contribution in [0.15, 0.2) is 35.1 Å². The Kier molecular flexibility index (Phi) is 3.83. The molecule has 0 N–H and O–H groups in total. The zero-order chi connectivity index (χ0) is 15.6. The van der Waals surface area contributed by atoms with Crippen LogP contribution < -0.4 is 0 Å². The van der Waals surface area contributed by atoms with Crippen LogP contribution in [0.5, 0.6) is 0 Å². The number of hydrogen-bond donors (Lipinski definition) is 0. The molecule has 120 valence electrons. The standard InChI is InChI=1S/C17H20N4O2/c22-17(15-11-16(23-19-15)14-1-2-14)21-9-7-20(8-10-21)12-13-3-5-18-6-4-13/h3-6,11,14H,1-2,7-10,12H2. The molecule has 6 nitrogen and oxygen atoms in total. The lowest BCUT2D eigenvalue weighted by Gasteiger charge is -2.34. The van der Waals surface area contributed by atoms with Gasteiger partial charge in [-0.2, -0.15) is 0 Å². The van der Waals surface area contributed by atoms with Gasteiger partial charge in [0.05, 0.1) is 0 Å². The molecule has 0 spiro atoms. The summed E-state index contributed by atoms with van der Waals surface area (Å²) in [7, 11) is 0. The number of nitrogens with zero attached hydrogens (tertiary/aromatic N) is 4.